The number of hydrogen-bond acceptors (Lipinski definition) is 4. The first-order valence-corrected chi connectivity index (χ1v) is 9.18. The van der Waals surface area contributed by atoms with Gasteiger partial charge in [0, 0.05) is 32.7 Å². The SMILES string of the molecule is Cc1ccc(S(=O)(=O)NCC(N2CCNCC2)C(F)(F)F)cc1C.Cl. The van der Waals surface area contributed by atoms with E-state index in [4.69, 9.17) is 0 Å². The topological polar surface area (TPSA) is 61.4 Å². The fraction of sp³-hybridized carbons (Fsp3) is 0.600. The number of nitrogens with one attached hydrogen (secondary N) is 2. The van der Waals surface area contributed by atoms with E-state index in [1.807, 2.05) is 6.92 Å². The quantitative estimate of drug-likeness (QED) is 0.790. The van der Waals surface area contributed by atoms with Gasteiger partial charge in [0.1, 0.15) is 6.04 Å². The van der Waals surface area contributed by atoms with Crippen LogP contribution in [-0.2, 0) is 10.0 Å². The highest BCUT2D eigenvalue weighted by atomic mass is 35.5. The lowest BCUT2D eigenvalue weighted by Crippen LogP contribution is -2.57. The second kappa shape index (κ2) is 8.68. The average molecular weight is 402 g/mol. The van der Waals surface area contributed by atoms with E-state index in [0.717, 1.165) is 11.1 Å². The van der Waals surface area contributed by atoms with Gasteiger partial charge in [-0.15, -0.1) is 12.4 Å². The molecule has 0 saturated carbocycles. The molecule has 2 rings (SSSR count). The summed E-state index contributed by atoms with van der Waals surface area (Å²) in [5.74, 6) is 0. The molecule has 144 valence electrons. The predicted octanol–water partition coefficient (Wildman–Crippen LogP) is 1.84. The van der Waals surface area contributed by atoms with Crippen LogP contribution in [0.1, 0.15) is 11.1 Å². The smallest absolute Gasteiger partial charge is 0.314 e. The molecule has 0 bridgehead atoms. The highest BCUT2D eigenvalue weighted by molar-refractivity contribution is 7.89. The molecule has 10 heteroatoms. The lowest BCUT2D eigenvalue weighted by molar-refractivity contribution is -0.182. The van der Waals surface area contributed by atoms with Crippen LogP contribution in [0.3, 0.4) is 0 Å². The molecule has 1 aliphatic rings. The van der Waals surface area contributed by atoms with Crippen LogP contribution >= 0.6 is 12.4 Å². The lowest BCUT2D eigenvalue weighted by Gasteiger charge is -2.35. The van der Waals surface area contributed by atoms with E-state index in [9.17, 15) is 21.6 Å². The molecule has 5 nitrogen and oxygen atoms in total. The van der Waals surface area contributed by atoms with Crippen LogP contribution in [0.4, 0.5) is 13.2 Å². The molecule has 1 fully saturated rings. The summed E-state index contributed by atoms with van der Waals surface area (Å²) in [5, 5.41) is 2.98. The maximum atomic E-state index is 13.3. The molecule has 1 aromatic carbocycles. The van der Waals surface area contributed by atoms with Crippen LogP contribution in [0.2, 0.25) is 0 Å². The fourth-order valence-electron chi connectivity index (χ4n) is 2.60. The van der Waals surface area contributed by atoms with Gasteiger partial charge in [0.2, 0.25) is 10.0 Å². The monoisotopic (exact) mass is 401 g/mol. The van der Waals surface area contributed by atoms with Crippen molar-refractivity contribution < 1.29 is 21.6 Å². The van der Waals surface area contributed by atoms with Crippen molar-refractivity contribution in [1.29, 1.82) is 0 Å². The molecular formula is C15H23ClF3N3O2S. The molecule has 2 N–H and O–H groups in total. The Hall–Kier alpha value is -0.870. The second-order valence-electron chi connectivity index (χ2n) is 5.94. The van der Waals surface area contributed by atoms with Crippen LogP contribution < -0.4 is 10.0 Å². The van der Waals surface area contributed by atoms with Gasteiger partial charge in [0.05, 0.1) is 4.90 Å². The molecule has 0 aromatic heterocycles. The highest BCUT2D eigenvalue weighted by Crippen LogP contribution is 2.25. The summed E-state index contributed by atoms with van der Waals surface area (Å²) < 4.78 is 66.6. The van der Waals surface area contributed by atoms with Gasteiger partial charge in [0.15, 0.2) is 0 Å². The number of aryl methyl sites for hydroxylation is 2. The fourth-order valence-corrected chi connectivity index (χ4v) is 3.72. The minimum atomic E-state index is -4.50. The number of piperazine rings is 1. The summed E-state index contributed by atoms with van der Waals surface area (Å²) in [6, 6.07) is 2.67. The lowest BCUT2D eigenvalue weighted by atomic mass is 10.1. The molecule has 0 aliphatic carbocycles. The summed E-state index contributed by atoms with van der Waals surface area (Å²) in [6.07, 6.45) is -4.50. The summed E-state index contributed by atoms with van der Waals surface area (Å²) in [4.78, 5) is 1.24. The van der Waals surface area contributed by atoms with E-state index in [1.54, 1.807) is 13.0 Å². The van der Waals surface area contributed by atoms with Crippen molar-refractivity contribution in [3.05, 3.63) is 29.3 Å². The Morgan fingerprint density at radius 1 is 1.20 bits per heavy atom. The van der Waals surface area contributed by atoms with Crippen molar-refractivity contribution >= 4 is 22.4 Å². The van der Waals surface area contributed by atoms with Crippen molar-refractivity contribution in [2.75, 3.05) is 32.7 Å². The zero-order valence-corrected chi connectivity index (χ0v) is 15.7. The molecule has 25 heavy (non-hydrogen) atoms. The van der Waals surface area contributed by atoms with Gasteiger partial charge in [-0.1, -0.05) is 6.07 Å². The van der Waals surface area contributed by atoms with E-state index >= 15 is 0 Å². The number of hydrogen-bond donors (Lipinski definition) is 2. The third-order valence-corrected chi connectivity index (χ3v) is 5.65. The summed E-state index contributed by atoms with van der Waals surface area (Å²) in [6.45, 7) is 4.27. The number of halogens is 4. The third kappa shape index (κ3) is 5.82. The zero-order valence-electron chi connectivity index (χ0n) is 14.1. The first kappa shape index (κ1) is 22.2. The average Bonchev–Trinajstić information content (AvgIpc) is 2.49. The molecule has 1 atom stereocenters. The Bertz CT molecular complexity index is 677. The van der Waals surface area contributed by atoms with Crippen LogP contribution in [0.25, 0.3) is 0 Å². The van der Waals surface area contributed by atoms with Crippen molar-refractivity contribution in [2.45, 2.75) is 31.0 Å². The number of sulfonamides is 1. The van der Waals surface area contributed by atoms with Crippen LogP contribution in [-0.4, -0.2) is 58.3 Å². The maximum absolute atomic E-state index is 13.3. The Labute approximate surface area is 152 Å². The molecule has 0 amide bonds. The molecule has 0 spiro atoms. The summed E-state index contributed by atoms with van der Waals surface area (Å²) in [5.41, 5.74) is 1.69. The number of alkyl halides is 3. The van der Waals surface area contributed by atoms with Crippen molar-refractivity contribution in [3.63, 3.8) is 0 Å². The molecule has 1 aliphatic heterocycles. The van der Waals surface area contributed by atoms with Gasteiger partial charge < -0.3 is 5.32 Å². The molecule has 1 saturated heterocycles. The molecule has 1 heterocycles. The Morgan fingerprint density at radius 2 is 1.80 bits per heavy atom. The van der Waals surface area contributed by atoms with Crippen LogP contribution in [0.5, 0.6) is 0 Å². The van der Waals surface area contributed by atoms with E-state index < -0.39 is 28.8 Å². The largest absolute Gasteiger partial charge is 0.405 e. The van der Waals surface area contributed by atoms with Crippen molar-refractivity contribution in [3.8, 4) is 0 Å². The molecular weight excluding hydrogens is 379 g/mol. The van der Waals surface area contributed by atoms with Gasteiger partial charge in [0.25, 0.3) is 0 Å². The third-order valence-electron chi connectivity index (χ3n) is 4.23. The summed E-state index contributed by atoms with van der Waals surface area (Å²) in [7, 11) is -3.99. The van der Waals surface area contributed by atoms with E-state index in [1.165, 1.54) is 17.0 Å². The summed E-state index contributed by atoms with van der Waals surface area (Å²) >= 11 is 0. The van der Waals surface area contributed by atoms with Gasteiger partial charge >= 0.3 is 6.18 Å². The standard InChI is InChI=1S/C15H22F3N3O2S.ClH/c1-11-3-4-13(9-12(11)2)24(22,23)20-10-14(15(16,17)18)21-7-5-19-6-8-21;/h3-4,9,14,19-20H,5-8,10H2,1-2H3;1H. The molecule has 1 aromatic rings. The first-order valence-electron chi connectivity index (χ1n) is 7.69. The molecule has 1 unspecified atom stereocenters. The number of rotatable bonds is 5. The Morgan fingerprint density at radius 3 is 2.32 bits per heavy atom. The van der Waals surface area contributed by atoms with E-state index in [2.05, 4.69) is 10.0 Å². The molecule has 0 radical (unpaired) electrons. The van der Waals surface area contributed by atoms with Crippen LogP contribution in [0.15, 0.2) is 23.1 Å². The zero-order chi connectivity index (χ0) is 18.0. The van der Waals surface area contributed by atoms with Crippen LogP contribution in [0, 0.1) is 13.8 Å². The second-order valence-corrected chi connectivity index (χ2v) is 7.71. The number of benzene rings is 1. The van der Waals surface area contributed by atoms with E-state index in [-0.39, 0.29) is 30.4 Å². The predicted molar refractivity (Wildman–Crippen MR) is 92.6 cm³/mol. The highest BCUT2D eigenvalue weighted by Gasteiger charge is 2.44. The van der Waals surface area contributed by atoms with Gasteiger partial charge in [-0.2, -0.15) is 13.2 Å². The van der Waals surface area contributed by atoms with Gasteiger partial charge in [-0.3, -0.25) is 4.90 Å². The maximum Gasteiger partial charge on any atom is 0.405 e. The van der Waals surface area contributed by atoms with Crippen molar-refractivity contribution in [2.24, 2.45) is 0 Å². The minimum absolute atomic E-state index is 0. The number of nitrogens with zero attached hydrogens (tertiary/aromatic N) is 1. The minimum Gasteiger partial charge on any atom is -0.314 e. The van der Waals surface area contributed by atoms with Gasteiger partial charge in [-0.25, -0.2) is 13.1 Å². The Balaban J connectivity index is 0.00000312. The normalized spacial score (nSPS) is 17.8. The van der Waals surface area contributed by atoms with Gasteiger partial charge in [-0.05, 0) is 37.1 Å². The van der Waals surface area contributed by atoms with Crippen molar-refractivity contribution in [1.82, 2.24) is 14.9 Å². The van der Waals surface area contributed by atoms with E-state index in [0.29, 0.717) is 13.1 Å². The Kier molecular flexibility index (Phi) is 7.70. The first-order chi connectivity index (χ1) is 11.1.